The van der Waals surface area contributed by atoms with Gasteiger partial charge in [-0.3, -0.25) is 4.98 Å². The molecule has 1 aromatic carbocycles. The van der Waals surface area contributed by atoms with Crippen molar-refractivity contribution >= 4 is 11.9 Å². The van der Waals surface area contributed by atoms with E-state index in [9.17, 15) is 4.79 Å². The predicted octanol–water partition coefficient (Wildman–Crippen LogP) is 1.37. The number of hydrogen-bond donors (Lipinski definition) is 0. The van der Waals surface area contributed by atoms with Crippen LogP contribution in [0.3, 0.4) is 0 Å². The van der Waals surface area contributed by atoms with Crippen molar-refractivity contribution in [2.24, 2.45) is 4.99 Å². The molecule has 106 valence electrons. The molecule has 6 nitrogen and oxygen atoms in total. The second-order valence-corrected chi connectivity index (χ2v) is 4.45. The summed E-state index contributed by atoms with van der Waals surface area (Å²) in [7, 11) is 0. The maximum absolute atomic E-state index is 12.0. The van der Waals surface area contributed by atoms with Gasteiger partial charge in [-0.2, -0.15) is 0 Å². The molecule has 2 aromatic rings. The second kappa shape index (κ2) is 6.13. The molecule has 0 spiro atoms. The average Bonchev–Trinajstić information content (AvgIpc) is 3.04. The van der Waals surface area contributed by atoms with Crippen LogP contribution in [0.5, 0.6) is 0 Å². The van der Waals surface area contributed by atoms with E-state index in [1.165, 1.54) is 6.20 Å². The van der Waals surface area contributed by atoms with E-state index in [4.69, 9.17) is 9.47 Å². The summed E-state index contributed by atoms with van der Waals surface area (Å²) in [6, 6.07) is 8.84. The number of carbonyl (C=O) groups is 1. The zero-order valence-corrected chi connectivity index (χ0v) is 11.2. The van der Waals surface area contributed by atoms with Crippen LogP contribution >= 0.6 is 0 Å². The van der Waals surface area contributed by atoms with Gasteiger partial charge >= 0.3 is 5.97 Å². The molecule has 0 radical (unpaired) electrons. The quantitative estimate of drug-likeness (QED) is 0.792. The fourth-order valence-electron chi connectivity index (χ4n) is 1.87. The van der Waals surface area contributed by atoms with Gasteiger partial charge in [-0.25, -0.2) is 14.8 Å². The Balaban J connectivity index is 1.60. The van der Waals surface area contributed by atoms with E-state index in [0.29, 0.717) is 11.6 Å². The highest BCUT2D eigenvalue weighted by molar-refractivity contribution is 5.95. The molecule has 0 fully saturated rings. The van der Waals surface area contributed by atoms with Crippen LogP contribution < -0.4 is 0 Å². The lowest BCUT2D eigenvalue weighted by Crippen LogP contribution is -2.22. The van der Waals surface area contributed by atoms with Crippen LogP contribution in [0.25, 0.3) is 0 Å². The molecular formula is C15H13N3O3. The first-order chi connectivity index (χ1) is 10.3. The number of esters is 1. The smallest absolute Gasteiger partial charge is 0.334 e. The topological polar surface area (TPSA) is 73.7 Å². The molecule has 6 heteroatoms. The zero-order valence-electron chi connectivity index (χ0n) is 11.2. The van der Waals surface area contributed by atoms with Crippen LogP contribution in [0.1, 0.15) is 11.3 Å². The van der Waals surface area contributed by atoms with E-state index in [-0.39, 0.29) is 13.2 Å². The summed E-state index contributed by atoms with van der Waals surface area (Å²) in [6.07, 6.45) is 4.64. The molecule has 1 aliphatic rings. The first-order valence-corrected chi connectivity index (χ1v) is 6.50. The summed E-state index contributed by atoms with van der Waals surface area (Å²) in [5.41, 5.74) is 1.44. The standard InChI is InChI=1S/C15H13N3O3/c19-15(21-9-11-4-2-1-3-5-11)13-10-20-14(18-13)12-8-16-6-7-17-12/h1-8,13H,9-10H2/t13-/m0/s1. The Hall–Kier alpha value is -2.76. The van der Waals surface area contributed by atoms with Gasteiger partial charge < -0.3 is 9.47 Å². The van der Waals surface area contributed by atoms with Crippen molar-refractivity contribution in [1.82, 2.24) is 9.97 Å². The number of aliphatic imine (C=N–C) groups is 1. The summed E-state index contributed by atoms with van der Waals surface area (Å²) < 4.78 is 10.6. The largest absolute Gasteiger partial charge is 0.473 e. The van der Waals surface area contributed by atoms with E-state index in [0.717, 1.165) is 5.56 Å². The number of ether oxygens (including phenoxy) is 2. The van der Waals surface area contributed by atoms with Gasteiger partial charge in [-0.1, -0.05) is 30.3 Å². The number of nitrogens with zero attached hydrogens (tertiary/aromatic N) is 3. The average molecular weight is 283 g/mol. The predicted molar refractivity (Wildman–Crippen MR) is 74.5 cm³/mol. The lowest BCUT2D eigenvalue weighted by Gasteiger charge is -2.06. The van der Waals surface area contributed by atoms with E-state index < -0.39 is 12.0 Å². The van der Waals surface area contributed by atoms with Gasteiger partial charge in [0.2, 0.25) is 5.90 Å². The van der Waals surface area contributed by atoms with Crippen LogP contribution in [0.2, 0.25) is 0 Å². The van der Waals surface area contributed by atoms with Crippen molar-refractivity contribution in [1.29, 1.82) is 0 Å². The summed E-state index contributed by atoms with van der Waals surface area (Å²) in [4.78, 5) is 24.2. The van der Waals surface area contributed by atoms with E-state index >= 15 is 0 Å². The molecule has 0 saturated carbocycles. The SMILES string of the molecule is O=C(OCc1ccccc1)[C@@H]1COC(c2cnccn2)=N1. The van der Waals surface area contributed by atoms with E-state index in [1.807, 2.05) is 30.3 Å². The van der Waals surface area contributed by atoms with Gasteiger partial charge in [0, 0.05) is 12.4 Å². The van der Waals surface area contributed by atoms with Crippen molar-refractivity contribution in [3.8, 4) is 0 Å². The number of aromatic nitrogens is 2. The van der Waals surface area contributed by atoms with Crippen LogP contribution in [-0.2, 0) is 20.9 Å². The number of hydrogen-bond acceptors (Lipinski definition) is 6. The molecule has 0 bridgehead atoms. The highest BCUT2D eigenvalue weighted by Crippen LogP contribution is 2.12. The van der Waals surface area contributed by atoms with Gasteiger partial charge in [-0.15, -0.1) is 0 Å². The lowest BCUT2D eigenvalue weighted by atomic mass is 10.2. The Morgan fingerprint density at radius 2 is 2.14 bits per heavy atom. The van der Waals surface area contributed by atoms with Crippen molar-refractivity contribution in [3.63, 3.8) is 0 Å². The molecule has 0 saturated heterocycles. The Labute approximate surface area is 121 Å². The normalized spacial score (nSPS) is 17.0. The molecule has 1 atom stereocenters. The maximum Gasteiger partial charge on any atom is 0.334 e. The van der Waals surface area contributed by atoms with Crippen molar-refractivity contribution in [2.45, 2.75) is 12.6 Å². The molecule has 2 heterocycles. The van der Waals surface area contributed by atoms with Crippen molar-refractivity contribution in [2.75, 3.05) is 6.61 Å². The summed E-state index contributed by atoms with van der Waals surface area (Å²) in [5.74, 6) is -0.0810. The lowest BCUT2D eigenvalue weighted by molar-refractivity contribution is -0.146. The monoisotopic (exact) mass is 283 g/mol. The number of benzene rings is 1. The third-order valence-corrected chi connectivity index (χ3v) is 2.93. The summed E-state index contributed by atoms with van der Waals surface area (Å²) in [5, 5.41) is 0. The molecule has 3 rings (SSSR count). The molecule has 1 aromatic heterocycles. The summed E-state index contributed by atoms with van der Waals surface area (Å²) >= 11 is 0. The minimum Gasteiger partial charge on any atom is -0.473 e. The van der Waals surface area contributed by atoms with Crippen molar-refractivity contribution in [3.05, 3.63) is 60.2 Å². The third kappa shape index (κ3) is 3.22. The Bertz CT molecular complexity index is 644. The van der Waals surface area contributed by atoms with Crippen LogP contribution in [-0.4, -0.2) is 34.5 Å². The highest BCUT2D eigenvalue weighted by Gasteiger charge is 2.28. The first kappa shape index (κ1) is 13.2. The fourth-order valence-corrected chi connectivity index (χ4v) is 1.87. The van der Waals surface area contributed by atoms with Gasteiger partial charge in [0.25, 0.3) is 0 Å². The van der Waals surface area contributed by atoms with E-state index in [1.54, 1.807) is 12.4 Å². The van der Waals surface area contributed by atoms with Crippen molar-refractivity contribution < 1.29 is 14.3 Å². The molecule has 0 N–H and O–H groups in total. The minimum atomic E-state index is -0.647. The fraction of sp³-hybridized carbons (Fsp3) is 0.200. The van der Waals surface area contributed by atoms with Crippen LogP contribution in [0, 0.1) is 0 Å². The molecule has 21 heavy (non-hydrogen) atoms. The van der Waals surface area contributed by atoms with Gasteiger partial charge in [0.1, 0.15) is 18.9 Å². The first-order valence-electron chi connectivity index (χ1n) is 6.50. The number of rotatable bonds is 4. The maximum atomic E-state index is 12.0. The second-order valence-electron chi connectivity index (χ2n) is 4.45. The summed E-state index contributed by atoms with van der Waals surface area (Å²) in [6.45, 7) is 0.395. The Morgan fingerprint density at radius 3 is 2.90 bits per heavy atom. The Morgan fingerprint density at radius 1 is 1.29 bits per heavy atom. The molecule has 0 amide bonds. The zero-order chi connectivity index (χ0) is 14.5. The molecular weight excluding hydrogens is 270 g/mol. The highest BCUT2D eigenvalue weighted by atomic mass is 16.5. The minimum absolute atomic E-state index is 0.166. The Kier molecular flexibility index (Phi) is 3.86. The number of carbonyl (C=O) groups excluding carboxylic acids is 1. The van der Waals surface area contributed by atoms with Gasteiger partial charge in [0.15, 0.2) is 6.04 Å². The third-order valence-electron chi connectivity index (χ3n) is 2.93. The van der Waals surface area contributed by atoms with E-state index in [2.05, 4.69) is 15.0 Å². The molecule has 0 aliphatic carbocycles. The molecule has 0 unspecified atom stereocenters. The van der Waals surface area contributed by atoms with Gasteiger partial charge in [-0.05, 0) is 5.56 Å². The van der Waals surface area contributed by atoms with Gasteiger partial charge in [0.05, 0.1) is 6.20 Å². The van der Waals surface area contributed by atoms with Crippen LogP contribution in [0.15, 0.2) is 53.9 Å². The molecule has 1 aliphatic heterocycles. The van der Waals surface area contributed by atoms with Crippen LogP contribution in [0.4, 0.5) is 0 Å².